The van der Waals surface area contributed by atoms with Crippen molar-refractivity contribution in [3.8, 4) is 0 Å². The molecule has 0 aromatic rings. The van der Waals surface area contributed by atoms with Crippen molar-refractivity contribution < 1.29 is 9.90 Å². The lowest BCUT2D eigenvalue weighted by molar-refractivity contribution is -0.137. The third-order valence-corrected chi connectivity index (χ3v) is 1.58. The van der Waals surface area contributed by atoms with E-state index in [4.69, 9.17) is 5.11 Å². The second-order valence-electron chi connectivity index (χ2n) is 3.61. The van der Waals surface area contributed by atoms with Gasteiger partial charge in [0.25, 0.3) is 0 Å². The van der Waals surface area contributed by atoms with Crippen LogP contribution in [0.5, 0.6) is 0 Å². The number of aliphatic carboxylic acids is 1. The molecule has 0 fully saturated rings. The number of carboxylic acid groups (broad SMARTS) is 1. The molecule has 0 radical (unpaired) electrons. The maximum atomic E-state index is 10.3. The van der Waals surface area contributed by atoms with Crippen molar-refractivity contribution in [1.82, 2.24) is 0 Å². The summed E-state index contributed by atoms with van der Waals surface area (Å²) in [5, 5.41) is 8.47. The quantitative estimate of drug-likeness (QED) is 0.644. The minimum atomic E-state index is -0.708. The smallest absolute Gasteiger partial charge is 0.303 e. The molecule has 2 nitrogen and oxygen atoms in total. The molecule has 0 unspecified atom stereocenters. The molecule has 0 heterocycles. The summed E-state index contributed by atoms with van der Waals surface area (Å²) in [5.41, 5.74) is 0. The number of allylic oxidation sites excluding steroid dienone is 2. The van der Waals surface area contributed by atoms with E-state index in [1.54, 1.807) is 0 Å². The van der Waals surface area contributed by atoms with Gasteiger partial charge in [-0.2, -0.15) is 0 Å². The number of hydrogen-bond donors (Lipinski definition) is 1. The fourth-order valence-corrected chi connectivity index (χ4v) is 0.964. The second kappa shape index (κ2) is 5.81. The predicted molar refractivity (Wildman–Crippen MR) is 50.0 cm³/mol. The first-order valence-corrected chi connectivity index (χ1v) is 4.40. The highest BCUT2D eigenvalue weighted by Gasteiger charge is 2.04. The molecule has 1 atom stereocenters. The van der Waals surface area contributed by atoms with E-state index in [2.05, 4.69) is 26.0 Å². The van der Waals surface area contributed by atoms with Crippen LogP contribution in [0.25, 0.3) is 0 Å². The van der Waals surface area contributed by atoms with Crippen LogP contribution in [0.3, 0.4) is 0 Å². The lowest BCUT2D eigenvalue weighted by Crippen LogP contribution is -2.02. The van der Waals surface area contributed by atoms with Crippen molar-refractivity contribution in [3.05, 3.63) is 12.2 Å². The van der Waals surface area contributed by atoms with Crippen molar-refractivity contribution in [2.75, 3.05) is 0 Å². The highest BCUT2D eigenvalue weighted by Crippen LogP contribution is 2.08. The molecule has 12 heavy (non-hydrogen) atoms. The molecule has 0 rings (SSSR count). The molecule has 0 aromatic heterocycles. The Labute approximate surface area is 74.3 Å². The Kier molecular flexibility index (Phi) is 5.43. The Bertz CT molecular complexity index is 159. The third-order valence-electron chi connectivity index (χ3n) is 1.58. The van der Waals surface area contributed by atoms with Gasteiger partial charge in [-0.15, -0.1) is 0 Å². The number of rotatable bonds is 5. The van der Waals surface area contributed by atoms with E-state index in [0.29, 0.717) is 5.92 Å². The molecular weight excluding hydrogens is 152 g/mol. The normalized spacial score (nSPS) is 14.0. The van der Waals surface area contributed by atoms with Crippen LogP contribution in [0.2, 0.25) is 0 Å². The van der Waals surface area contributed by atoms with Gasteiger partial charge in [-0.3, -0.25) is 4.79 Å². The lowest BCUT2D eigenvalue weighted by atomic mass is 10.0. The molecule has 0 aliphatic heterocycles. The Hall–Kier alpha value is -0.790. The second-order valence-corrected chi connectivity index (χ2v) is 3.61. The van der Waals surface area contributed by atoms with Gasteiger partial charge in [0.1, 0.15) is 0 Å². The molecule has 0 saturated heterocycles. The molecule has 0 amide bonds. The molecule has 70 valence electrons. The highest BCUT2D eigenvalue weighted by molar-refractivity contribution is 5.66. The number of carboxylic acids is 1. The molecule has 0 saturated carbocycles. The zero-order valence-electron chi connectivity index (χ0n) is 8.08. The van der Waals surface area contributed by atoms with Crippen LogP contribution in [0.1, 0.15) is 33.6 Å². The Morgan fingerprint density at radius 3 is 2.42 bits per heavy atom. The first kappa shape index (κ1) is 11.2. The van der Waals surface area contributed by atoms with E-state index in [-0.39, 0.29) is 12.3 Å². The Morgan fingerprint density at radius 2 is 2.00 bits per heavy atom. The van der Waals surface area contributed by atoms with E-state index < -0.39 is 5.97 Å². The molecule has 0 aliphatic carbocycles. The summed E-state index contributed by atoms with van der Waals surface area (Å²) in [6.07, 6.45) is 5.31. The van der Waals surface area contributed by atoms with Gasteiger partial charge in [0, 0.05) is 6.42 Å². The first-order valence-electron chi connectivity index (χ1n) is 4.40. The third kappa shape index (κ3) is 7.32. The van der Waals surface area contributed by atoms with Crippen molar-refractivity contribution in [2.45, 2.75) is 33.6 Å². The van der Waals surface area contributed by atoms with Gasteiger partial charge in [0.05, 0.1) is 0 Å². The van der Waals surface area contributed by atoms with Crippen LogP contribution in [0.4, 0.5) is 0 Å². The van der Waals surface area contributed by atoms with Crippen LogP contribution in [0.15, 0.2) is 12.2 Å². The van der Waals surface area contributed by atoms with Crippen LogP contribution in [-0.2, 0) is 4.79 Å². The summed E-state index contributed by atoms with van der Waals surface area (Å²) in [6, 6.07) is 0. The predicted octanol–water partition coefficient (Wildman–Crippen LogP) is 2.70. The Morgan fingerprint density at radius 1 is 1.42 bits per heavy atom. The van der Waals surface area contributed by atoms with Crippen molar-refractivity contribution in [1.29, 1.82) is 0 Å². The van der Waals surface area contributed by atoms with Crippen molar-refractivity contribution in [3.63, 3.8) is 0 Å². The topological polar surface area (TPSA) is 37.3 Å². The molecular formula is C10H18O2. The van der Waals surface area contributed by atoms with Gasteiger partial charge in [0.15, 0.2) is 0 Å². The van der Waals surface area contributed by atoms with Crippen molar-refractivity contribution in [2.24, 2.45) is 11.8 Å². The average Bonchev–Trinajstić information content (AvgIpc) is 1.84. The van der Waals surface area contributed by atoms with Crippen LogP contribution in [-0.4, -0.2) is 11.1 Å². The fraction of sp³-hybridized carbons (Fsp3) is 0.700. The van der Waals surface area contributed by atoms with Crippen LogP contribution in [0, 0.1) is 11.8 Å². The van der Waals surface area contributed by atoms with Gasteiger partial charge < -0.3 is 5.11 Å². The maximum Gasteiger partial charge on any atom is 0.303 e. The lowest BCUT2D eigenvalue weighted by Gasteiger charge is -2.03. The van der Waals surface area contributed by atoms with E-state index in [1.165, 1.54) is 0 Å². The molecule has 0 bridgehead atoms. The molecule has 0 spiro atoms. The monoisotopic (exact) mass is 170 g/mol. The fourth-order valence-electron chi connectivity index (χ4n) is 0.964. The summed E-state index contributed by atoms with van der Waals surface area (Å²) in [4.78, 5) is 10.3. The molecule has 1 N–H and O–H groups in total. The van der Waals surface area contributed by atoms with Crippen LogP contribution >= 0.6 is 0 Å². The minimum Gasteiger partial charge on any atom is -0.481 e. The summed E-state index contributed by atoms with van der Waals surface area (Å²) >= 11 is 0. The van der Waals surface area contributed by atoms with E-state index >= 15 is 0 Å². The SMILES string of the molecule is CC(C)/C=C/C[C@H](C)CC(=O)O. The summed E-state index contributed by atoms with van der Waals surface area (Å²) in [5.74, 6) is 0.0972. The van der Waals surface area contributed by atoms with Crippen LogP contribution < -0.4 is 0 Å². The van der Waals surface area contributed by atoms with Crippen molar-refractivity contribution >= 4 is 5.97 Å². The maximum absolute atomic E-state index is 10.3. The molecule has 2 heteroatoms. The molecule has 0 aromatic carbocycles. The summed E-state index contributed by atoms with van der Waals surface area (Å²) in [7, 11) is 0. The zero-order valence-corrected chi connectivity index (χ0v) is 8.08. The highest BCUT2D eigenvalue weighted by atomic mass is 16.4. The minimum absolute atomic E-state index is 0.248. The van der Waals surface area contributed by atoms with Gasteiger partial charge in [0.2, 0.25) is 0 Å². The summed E-state index contributed by atoms with van der Waals surface area (Å²) in [6.45, 7) is 6.18. The standard InChI is InChI=1S/C10H18O2/c1-8(2)5-4-6-9(3)7-10(11)12/h4-5,8-9H,6-7H2,1-3H3,(H,11,12)/b5-4+/t9-/m0/s1. The van der Waals surface area contributed by atoms with Gasteiger partial charge >= 0.3 is 5.97 Å². The molecule has 0 aliphatic rings. The number of hydrogen-bond acceptors (Lipinski definition) is 1. The van der Waals surface area contributed by atoms with E-state index in [0.717, 1.165) is 6.42 Å². The first-order chi connectivity index (χ1) is 5.52. The van der Waals surface area contributed by atoms with Gasteiger partial charge in [-0.05, 0) is 18.3 Å². The average molecular weight is 170 g/mol. The van der Waals surface area contributed by atoms with E-state index in [9.17, 15) is 4.79 Å². The summed E-state index contributed by atoms with van der Waals surface area (Å²) < 4.78 is 0. The zero-order chi connectivity index (χ0) is 9.56. The van der Waals surface area contributed by atoms with Gasteiger partial charge in [-0.1, -0.05) is 32.9 Å². The Balaban J connectivity index is 3.56. The van der Waals surface area contributed by atoms with E-state index in [1.807, 2.05) is 6.92 Å². The number of carbonyl (C=O) groups is 1. The largest absolute Gasteiger partial charge is 0.481 e. The van der Waals surface area contributed by atoms with Gasteiger partial charge in [-0.25, -0.2) is 0 Å².